The SMILES string of the molecule is CCC(C)(O)CNC(=O)c1cc(C)ccc1OC. The summed E-state index contributed by atoms with van der Waals surface area (Å²) in [6, 6.07) is 5.43. The van der Waals surface area contributed by atoms with Gasteiger partial charge in [0.1, 0.15) is 5.75 Å². The van der Waals surface area contributed by atoms with Gasteiger partial charge in [-0.3, -0.25) is 4.79 Å². The Morgan fingerprint density at radius 1 is 1.50 bits per heavy atom. The summed E-state index contributed by atoms with van der Waals surface area (Å²) in [7, 11) is 1.53. The Bertz CT molecular complexity index is 427. The first kappa shape index (κ1) is 14.5. The number of amides is 1. The second kappa shape index (κ2) is 5.87. The summed E-state index contributed by atoms with van der Waals surface area (Å²) in [6.07, 6.45) is 0.582. The number of ether oxygens (including phenoxy) is 1. The molecular weight excluding hydrogens is 230 g/mol. The second-order valence-corrected chi connectivity index (χ2v) is 4.74. The van der Waals surface area contributed by atoms with Crippen LogP contribution in [-0.2, 0) is 0 Å². The van der Waals surface area contributed by atoms with Crippen molar-refractivity contribution in [1.82, 2.24) is 5.32 Å². The van der Waals surface area contributed by atoms with Crippen LogP contribution in [0.5, 0.6) is 5.75 Å². The third kappa shape index (κ3) is 3.74. The zero-order chi connectivity index (χ0) is 13.8. The van der Waals surface area contributed by atoms with Crippen molar-refractivity contribution in [2.45, 2.75) is 32.8 Å². The quantitative estimate of drug-likeness (QED) is 0.840. The summed E-state index contributed by atoms with van der Waals surface area (Å²) in [5.74, 6) is 0.304. The van der Waals surface area contributed by atoms with E-state index in [2.05, 4.69) is 5.32 Å². The van der Waals surface area contributed by atoms with Crippen molar-refractivity contribution in [2.24, 2.45) is 0 Å². The van der Waals surface area contributed by atoms with Crippen LogP contribution < -0.4 is 10.1 Å². The van der Waals surface area contributed by atoms with E-state index < -0.39 is 5.60 Å². The van der Waals surface area contributed by atoms with Crippen molar-refractivity contribution < 1.29 is 14.6 Å². The van der Waals surface area contributed by atoms with Crippen LogP contribution in [0.3, 0.4) is 0 Å². The highest BCUT2D eigenvalue weighted by atomic mass is 16.5. The summed E-state index contributed by atoms with van der Waals surface area (Å²) in [4.78, 5) is 12.0. The molecule has 1 aromatic carbocycles. The minimum Gasteiger partial charge on any atom is -0.496 e. The zero-order valence-electron chi connectivity index (χ0n) is 11.4. The highest BCUT2D eigenvalue weighted by Gasteiger charge is 2.20. The van der Waals surface area contributed by atoms with Gasteiger partial charge in [0.25, 0.3) is 5.91 Å². The lowest BCUT2D eigenvalue weighted by Gasteiger charge is -2.21. The highest BCUT2D eigenvalue weighted by Crippen LogP contribution is 2.19. The summed E-state index contributed by atoms with van der Waals surface area (Å²) >= 11 is 0. The minimum absolute atomic E-state index is 0.222. The van der Waals surface area contributed by atoms with E-state index in [-0.39, 0.29) is 12.5 Å². The number of carbonyl (C=O) groups is 1. The van der Waals surface area contributed by atoms with Crippen molar-refractivity contribution in [3.8, 4) is 5.75 Å². The van der Waals surface area contributed by atoms with E-state index in [1.54, 1.807) is 19.1 Å². The van der Waals surface area contributed by atoms with E-state index in [9.17, 15) is 9.90 Å². The molecule has 1 aromatic rings. The van der Waals surface area contributed by atoms with Crippen molar-refractivity contribution in [3.05, 3.63) is 29.3 Å². The van der Waals surface area contributed by atoms with Crippen LogP contribution in [0.1, 0.15) is 36.2 Å². The van der Waals surface area contributed by atoms with E-state index in [1.165, 1.54) is 7.11 Å². The third-order valence-corrected chi connectivity index (χ3v) is 2.99. The molecule has 2 N–H and O–H groups in total. The van der Waals surface area contributed by atoms with Gasteiger partial charge >= 0.3 is 0 Å². The van der Waals surface area contributed by atoms with Gasteiger partial charge < -0.3 is 15.2 Å². The second-order valence-electron chi connectivity index (χ2n) is 4.74. The van der Waals surface area contributed by atoms with Gasteiger partial charge in [-0.15, -0.1) is 0 Å². The Kier molecular flexibility index (Phi) is 4.73. The van der Waals surface area contributed by atoms with Gasteiger partial charge in [0, 0.05) is 6.54 Å². The lowest BCUT2D eigenvalue weighted by Crippen LogP contribution is -2.40. The lowest BCUT2D eigenvalue weighted by atomic mass is 10.0. The normalized spacial score (nSPS) is 13.8. The Morgan fingerprint density at radius 3 is 2.72 bits per heavy atom. The molecule has 0 aliphatic rings. The number of aryl methyl sites for hydroxylation is 1. The fourth-order valence-corrected chi connectivity index (χ4v) is 1.49. The molecule has 18 heavy (non-hydrogen) atoms. The Morgan fingerprint density at radius 2 is 2.17 bits per heavy atom. The number of hydrogen-bond donors (Lipinski definition) is 2. The predicted octanol–water partition coefficient (Wildman–Crippen LogP) is 1.89. The molecule has 1 amide bonds. The number of nitrogens with one attached hydrogen (secondary N) is 1. The molecule has 0 aliphatic heterocycles. The fraction of sp³-hybridized carbons (Fsp3) is 0.500. The minimum atomic E-state index is -0.882. The van der Waals surface area contributed by atoms with Crippen molar-refractivity contribution in [2.75, 3.05) is 13.7 Å². The molecule has 4 heteroatoms. The van der Waals surface area contributed by atoms with Crippen LogP contribution in [0, 0.1) is 6.92 Å². The first-order valence-electron chi connectivity index (χ1n) is 6.05. The van der Waals surface area contributed by atoms with Crippen LogP contribution in [0.4, 0.5) is 0 Å². The number of carbonyl (C=O) groups excluding carboxylic acids is 1. The van der Waals surface area contributed by atoms with Crippen LogP contribution in [-0.4, -0.2) is 30.3 Å². The maximum atomic E-state index is 12.0. The van der Waals surface area contributed by atoms with Gasteiger partial charge in [-0.25, -0.2) is 0 Å². The van der Waals surface area contributed by atoms with Gasteiger partial charge in [-0.2, -0.15) is 0 Å². The molecule has 1 rings (SSSR count). The molecule has 100 valence electrons. The molecule has 1 atom stereocenters. The average Bonchev–Trinajstić information content (AvgIpc) is 2.36. The van der Waals surface area contributed by atoms with Crippen molar-refractivity contribution in [1.29, 1.82) is 0 Å². The van der Waals surface area contributed by atoms with Gasteiger partial charge in [0.05, 0.1) is 18.3 Å². The first-order chi connectivity index (χ1) is 8.39. The number of hydrogen-bond acceptors (Lipinski definition) is 3. The van der Waals surface area contributed by atoms with E-state index in [4.69, 9.17) is 4.74 Å². The smallest absolute Gasteiger partial charge is 0.255 e. The molecule has 0 bridgehead atoms. The lowest BCUT2D eigenvalue weighted by molar-refractivity contribution is 0.0517. The highest BCUT2D eigenvalue weighted by molar-refractivity contribution is 5.97. The number of methoxy groups -OCH3 is 1. The molecule has 0 saturated heterocycles. The molecule has 0 saturated carbocycles. The Labute approximate surface area is 108 Å². The summed E-state index contributed by atoms with van der Waals surface area (Å²) in [5.41, 5.74) is 0.597. The topological polar surface area (TPSA) is 58.6 Å². The van der Waals surface area contributed by atoms with Crippen LogP contribution in [0.15, 0.2) is 18.2 Å². The number of rotatable bonds is 5. The largest absolute Gasteiger partial charge is 0.496 e. The van der Waals surface area contributed by atoms with Gasteiger partial charge in [0.15, 0.2) is 0 Å². The average molecular weight is 251 g/mol. The zero-order valence-corrected chi connectivity index (χ0v) is 11.4. The molecule has 0 spiro atoms. The predicted molar refractivity (Wildman–Crippen MR) is 71.0 cm³/mol. The molecule has 4 nitrogen and oxygen atoms in total. The van der Waals surface area contributed by atoms with E-state index in [0.29, 0.717) is 17.7 Å². The van der Waals surface area contributed by atoms with E-state index in [0.717, 1.165) is 5.56 Å². The molecule has 0 aromatic heterocycles. The maximum Gasteiger partial charge on any atom is 0.255 e. The third-order valence-electron chi connectivity index (χ3n) is 2.99. The van der Waals surface area contributed by atoms with E-state index >= 15 is 0 Å². The van der Waals surface area contributed by atoms with Gasteiger partial charge in [-0.1, -0.05) is 18.6 Å². The van der Waals surface area contributed by atoms with Crippen LogP contribution in [0.2, 0.25) is 0 Å². The molecule has 0 heterocycles. The molecule has 1 unspecified atom stereocenters. The summed E-state index contributed by atoms with van der Waals surface area (Å²) < 4.78 is 5.16. The van der Waals surface area contributed by atoms with Crippen molar-refractivity contribution in [3.63, 3.8) is 0 Å². The Hall–Kier alpha value is -1.55. The summed E-state index contributed by atoms with van der Waals surface area (Å²) in [5, 5.41) is 12.6. The number of aliphatic hydroxyl groups is 1. The van der Waals surface area contributed by atoms with Crippen LogP contribution in [0.25, 0.3) is 0 Å². The van der Waals surface area contributed by atoms with E-state index in [1.807, 2.05) is 19.9 Å². The fourth-order valence-electron chi connectivity index (χ4n) is 1.49. The maximum absolute atomic E-state index is 12.0. The summed E-state index contributed by atoms with van der Waals surface area (Å²) in [6.45, 7) is 5.71. The standard InChI is InChI=1S/C14H21NO3/c1-5-14(3,17)9-15-13(16)11-8-10(2)6-7-12(11)18-4/h6-8,17H,5,9H2,1-4H3,(H,15,16). The van der Waals surface area contributed by atoms with Gasteiger partial charge in [-0.05, 0) is 32.4 Å². The Balaban J connectivity index is 2.81. The molecular formula is C14H21NO3. The van der Waals surface area contributed by atoms with Crippen LogP contribution >= 0.6 is 0 Å². The molecule has 0 radical (unpaired) electrons. The molecule has 0 aliphatic carbocycles. The van der Waals surface area contributed by atoms with Gasteiger partial charge in [0.2, 0.25) is 0 Å². The monoisotopic (exact) mass is 251 g/mol. The first-order valence-corrected chi connectivity index (χ1v) is 6.05. The number of benzene rings is 1. The molecule has 0 fully saturated rings. The van der Waals surface area contributed by atoms with Crippen molar-refractivity contribution >= 4 is 5.91 Å².